The zero-order valence-corrected chi connectivity index (χ0v) is 12.0. The van der Waals surface area contributed by atoms with Crippen molar-refractivity contribution in [3.8, 4) is 0 Å². The van der Waals surface area contributed by atoms with E-state index in [2.05, 4.69) is 15.6 Å². The van der Waals surface area contributed by atoms with Crippen LogP contribution in [0.1, 0.15) is 30.4 Å². The Bertz CT molecular complexity index is 417. The lowest BCUT2D eigenvalue weighted by molar-refractivity contribution is 0.0824. The quantitative estimate of drug-likeness (QED) is 0.726. The van der Waals surface area contributed by atoms with Crippen LogP contribution in [0.3, 0.4) is 0 Å². The first-order valence-corrected chi connectivity index (χ1v) is 6.53. The van der Waals surface area contributed by atoms with Gasteiger partial charge < -0.3 is 21.1 Å². The van der Waals surface area contributed by atoms with Crippen molar-refractivity contribution in [3.05, 3.63) is 4.88 Å². The fourth-order valence-electron chi connectivity index (χ4n) is 1.48. The van der Waals surface area contributed by atoms with Crippen molar-refractivity contribution in [1.29, 1.82) is 0 Å². The first-order valence-electron chi connectivity index (χ1n) is 5.71. The Morgan fingerprint density at radius 3 is 2.78 bits per heavy atom. The monoisotopic (exact) mass is 272 g/mol. The molecule has 102 valence electrons. The van der Waals surface area contributed by atoms with E-state index < -0.39 is 5.54 Å². The zero-order valence-electron chi connectivity index (χ0n) is 11.2. The molecule has 0 aliphatic rings. The van der Waals surface area contributed by atoms with Crippen molar-refractivity contribution in [2.45, 2.75) is 26.3 Å². The third-order valence-corrected chi connectivity index (χ3v) is 3.17. The van der Waals surface area contributed by atoms with Crippen molar-refractivity contribution >= 4 is 28.2 Å². The van der Waals surface area contributed by atoms with Crippen LogP contribution in [0.15, 0.2) is 0 Å². The van der Waals surface area contributed by atoms with E-state index >= 15 is 0 Å². The zero-order chi connectivity index (χ0) is 13.8. The van der Waals surface area contributed by atoms with E-state index in [1.165, 1.54) is 11.3 Å². The minimum Gasteiger partial charge on any atom is -0.382 e. The molecule has 6 nitrogen and oxygen atoms in total. The number of nitrogens with one attached hydrogen (secondary N) is 2. The van der Waals surface area contributed by atoms with E-state index in [1.807, 2.05) is 20.8 Å². The predicted molar refractivity (Wildman–Crippen MR) is 74.1 cm³/mol. The Kier molecular flexibility index (Phi) is 4.92. The summed E-state index contributed by atoms with van der Waals surface area (Å²) in [5.74, 6) is 0.0258. The number of aromatic nitrogens is 1. The minimum atomic E-state index is -0.444. The first kappa shape index (κ1) is 14.7. The number of thiazole rings is 1. The van der Waals surface area contributed by atoms with Crippen LogP contribution in [-0.2, 0) is 4.74 Å². The van der Waals surface area contributed by atoms with Crippen molar-refractivity contribution in [3.63, 3.8) is 0 Å². The van der Waals surface area contributed by atoms with Gasteiger partial charge in [0.1, 0.15) is 10.7 Å². The molecule has 0 aliphatic heterocycles. The Labute approximate surface area is 111 Å². The summed E-state index contributed by atoms with van der Waals surface area (Å²) in [6, 6.07) is 0. The van der Waals surface area contributed by atoms with E-state index in [0.717, 1.165) is 6.54 Å². The van der Waals surface area contributed by atoms with E-state index in [0.29, 0.717) is 16.6 Å². The number of amides is 1. The Morgan fingerprint density at radius 1 is 1.56 bits per heavy atom. The Morgan fingerprint density at radius 2 is 2.22 bits per heavy atom. The molecule has 1 heterocycles. The fraction of sp³-hybridized carbons (Fsp3) is 0.636. The molecule has 0 bridgehead atoms. The molecule has 1 aromatic rings. The van der Waals surface area contributed by atoms with Gasteiger partial charge in [-0.25, -0.2) is 4.98 Å². The normalized spacial score (nSPS) is 11.3. The SMILES string of the molecule is CCNc1nc(N)c(C(=O)NC(C)(C)COC)s1. The molecular formula is C11H20N4O2S. The summed E-state index contributed by atoms with van der Waals surface area (Å²) in [6.07, 6.45) is 0. The highest BCUT2D eigenvalue weighted by Crippen LogP contribution is 2.25. The Hall–Kier alpha value is -1.34. The largest absolute Gasteiger partial charge is 0.382 e. The maximum Gasteiger partial charge on any atom is 0.265 e. The summed E-state index contributed by atoms with van der Waals surface area (Å²) in [6.45, 7) is 6.90. The molecular weight excluding hydrogens is 252 g/mol. The molecule has 18 heavy (non-hydrogen) atoms. The lowest BCUT2D eigenvalue weighted by Gasteiger charge is -2.24. The highest BCUT2D eigenvalue weighted by molar-refractivity contribution is 7.18. The Balaban J connectivity index is 2.78. The highest BCUT2D eigenvalue weighted by atomic mass is 32.1. The van der Waals surface area contributed by atoms with Crippen LogP contribution >= 0.6 is 11.3 Å². The lowest BCUT2D eigenvalue weighted by atomic mass is 10.1. The van der Waals surface area contributed by atoms with Crippen LogP contribution in [0.25, 0.3) is 0 Å². The minimum absolute atomic E-state index is 0.226. The van der Waals surface area contributed by atoms with Gasteiger partial charge in [-0.2, -0.15) is 0 Å². The summed E-state index contributed by atoms with van der Waals surface area (Å²) >= 11 is 1.25. The molecule has 0 atom stereocenters. The second kappa shape index (κ2) is 6.01. The molecule has 0 spiro atoms. The number of nitrogens with zero attached hydrogens (tertiary/aromatic N) is 1. The summed E-state index contributed by atoms with van der Waals surface area (Å²) in [5, 5.41) is 6.56. The maximum absolute atomic E-state index is 12.1. The van der Waals surface area contributed by atoms with Crippen molar-refractivity contribution in [1.82, 2.24) is 10.3 Å². The molecule has 0 saturated carbocycles. The number of ether oxygens (including phenoxy) is 1. The molecule has 0 aromatic carbocycles. The van der Waals surface area contributed by atoms with Gasteiger partial charge in [0.25, 0.3) is 5.91 Å². The molecule has 1 aromatic heterocycles. The van der Waals surface area contributed by atoms with Crippen LogP contribution in [0, 0.1) is 0 Å². The number of hydrogen-bond acceptors (Lipinski definition) is 6. The number of nitrogen functional groups attached to an aromatic ring is 1. The molecule has 1 amide bonds. The van der Waals surface area contributed by atoms with Gasteiger partial charge in [-0.05, 0) is 20.8 Å². The van der Waals surface area contributed by atoms with Crippen molar-refractivity contribution < 1.29 is 9.53 Å². The van der Waals surface area contributed by atoms with Crippen LogP contribution in [0.2, 0.25) is 0 Å². The van der Waals surface area contributed by atoms with Gasteiger partial charge in [-0.1, -0.05) is 11.3 Å². The summed E-state index contributed by atoms with van der Waals surface area (Å²) in [5.41, 5.74) is 5.29. The van der Waals surface area contributed by atoms with Gasteiger partial charge in [0.15, 0.2) is 5.13 Å². The predicted octanol–water partition coefficient (Wildman–Crippen LogP) is 1.31. The van der Waals surface area contributed by atoms with E-state index in [4.69, 9.17) is 10.5 Å². The van der Waals surface area contributed by atoms with Gasteiger partial charge in [0, 0.05) is 13.7 Å². The van der Waals surface area contributed by atoms with E-state index in [1.54, 1.807) is 7.11 Å². The first-order chi connectivity index (χ1) is 8.39. The number of carbonyl (C=O) groups excluding carboxylic acids is 1. The van der Waals surface area contributed by atoms with Crippen LogP contribution in [0.5, 0.6) is 0 Å². The summed E-state index contributed by atoms with van der Waals surface area (Å²) in [7, 11) is 1.60. The second-order valence-corrected chi connectivity index (χ2v) is 5.53. The molecule has 0 saturated heterocycles. The van der Waals surface area contributed by atoms with Gasteiger partial charge in [0.05, 0.1) is 12.1 Å². The number of anilines is 2. The third kappa shape index (κ3) is 3.85. The van der Waals surface area contributed by atoms with Crippen molar-refractivity contribution in [2.24, 2.45) is 0 Å². The maximum atomic E-state index is 12.1. The fourth-order valence-corrected chi connectivity index (χ4v) is 2.33. The number of hydrogen-bond donors (Lipinski definition) is 3. The lowest BCUT2D eigenvalue weighted by Crippen LogP contribution is -2.46. The molecule has 0 unspecified atom stereocenters. The smallest absolute Gasteiger partial charge is 0.265 e. The van der Waals surface area contributed by atoms with Crippen LogP contribution in [-0.4, -0.2) is 36.7 Å². The summed E-state index contributed by atoms with van der Waals surface area (Å²) in [4.78, 5) is 16.6. The molecule has 0 fully saturated rings. The number of rotatable bonds is 6. The number of nitrogens with two attached hydrogens (primary N) is 1. The molecule has 0 radical (unpaired) electrons. The highest BCUT2D eigenvalue weighted by Gasteiger charge is 2.24. The van der Waals surface area contributed by atoms with E-state index in [-0.39, 0.29) is 11.7 Å². The van der Waals surface area contributed by atoms with E-state index in [9.17, 15) is 4.79 Å². The topological polar surface area (TPSA) is 89.3 Å². The average molecular weight is 272 g/mol. The molecule has 4 N–H and O–H groups in total. The van der Waals surface area contributed by atoms with Crippen LogP contribution in [0.4, 0.5) is 10.9 Å². The molecule has 7 heteroatoms. The second-order valence-electron chi connectivity index (χ2n) is 4.53. The van der Waals surface area contributed by atoms with Gasteiger partial charge >= 0.3 is 0 Å². The van der Waals surface area contributed by atoms with Crippen LogP contribution < -0.4 is 16.4 Å². The number of methoxy groups -OCH3 is 1. The molecule has 0 aliphatic carbocycles. The third-order valence-electron chi connectivity index (χ3n) is 2.14. The summed E-state index contributed by atoms with van der Waals surface area (Å²) < 4.78 is 5.05. The van der Waals surface area contributed by atoms with Gasteiger partial charge in [-0.15, -0.1) is 0 Å². The average Bonchev–Trinajstić information content (AvgIpc) is 2.59. The standard InChI is InChI=1S/C11H20N4O2S/c1-5-13-10-14-8(12)7(18-10)9(16)15-11(2,3)6-17-4/h5-6,12H2,1-4H3,(H,13,14)(H,15,16). The number of carbonyl (C=O) groups is 1. The van der Waals surface area contributed by atoms with Gasteiger partial charge in [-0.3, -0.25) is 4.79 Å². The van der Waals surface area contributed by atoms with Crippen molar-refractivity contribution in [2.75, 3.05) is 31.3 Å². The molecule has 1 rings (SSSR count). The van der Waals surface area contributed by atoms with Gasteiger partial charge in [0.2, 0.25) is 0 Å².